The normalized spacial score (nSPS) is 16.5. The van der Waals surface area contributed by atoms with Crippen LogP contribution in [0.3, 0.4) is 0 Å². The second-order valence-corrected chi connectivity index (χ2v) is 5.62. The van der Waals surface area contributed by atoms with E-state index in [1.54, 1.807) is 7.11 Å². The molecule has 0 unspecified atom stereocenters. The van der Waals surface area contributed by atoms with Gasteiger partial charge in [-0.15, -0.1) is 0 Å². The monoisotopic (exact) mass is 289 g/mol. The standard InChI is InChI=1S/C16H23N3O2/c1-21-10-2-6-18-16(20)14-4-3-12-11-17-7-9-19-8-5-13(14)15(12)19/h3-4,17H,2,5-11H2,1H3,(H,18,20). The highest BCUT2D eigenvalue weighted by molar-refractivity contribution is 5.98. The Morgan fingerprint density at radius 1 is 1.43 bits per heavy atom. The van der Waals surface area contributed by atoms with Crippen LogP contribution in [-0.4, -0.2) is 45.8 Å². The van der Waals surface area contributed by atoms with Crippen molar-refractivity contribution < 1.29 is 9.53 Å². The van der Waals surface area contributed by atoms with E-state index in [1.807, 2.05) is 6.07 Å². The summed E-state index contributed by atoms with van der Waals surface area (Å²) >= 11 is 0. The molecule has 1 amide bonds. The van der Waals surface area contributed by atoms with Crippen molar-refractivity contribution in [3.05, 3.63) is 28.8 Å². The van der Waals surface area contributed by atoms with Gasteiger partial charge >= 0.3 is 0 Å². The van der Waals surface area contributed by atoms with Crippen LogP contribution in [0.5, 0.6) is 0 Å². The van der Waals surface area contributed by atoms with Crippen molar-refractivity contribution in [3.63, 3.8) is 0 Å². The summed E-state index contributed by atoms with van der Waals surface area (Å²) in [6.07, 6.45) is 1.82. The Labute approximate surface area is 125 Å². The van der Waals surface area contributed by atoms with Crippen molar-refractivity contribution >= 4 is 11.6 Å². The molecule has 5 nitrogen and oxygen atoms in total. The molecule has 1 aromatic rings. The van der Waals surface area contributed by atoms with E-state index in [9.17, 15) is 4.79 Å². The Bertz CT molecular complexity index is 530. The smallest absolute Gasteiger partial charge is 0.251 e. The van der Waals surface area contributed by atoms with Gasteiger partial charge in [0.15, 0.2) is 0 Å². The molecule has 0 aliphatic carbocycles. The van der Waals surface area contributed by atoms with Crippen LogP contribution < -0.4 is 15.5 Å². The first-order chi connectivity index (χ1) is 10.3. The van der Waals surface area contributed by atoms with E-state index in [-0.39, 0.29) is 5.91 Å². The summed E-state index contributed by atoms with van der Waals surface area (Å²) in [5, 5.41) is 6.43. The van der Waals surface area contributed by atoms with Gasteiger partial charge in [-0.3, -0.25) is 4.79 Å². The van der Waals surface area contributed by atoms with E-state index in [1.165, 1.54) is 16.8 Å². The van der Waals surface area contributed by atoms with Crippen LogP contribution in [0, 0.1) is 0 Å². The van der Waals surface area contributed by atoms with Crippen LogP contribution in [0.25, 0.3) is 0 Å². The highest BCUT2D eigenvalue weighted by atomic mass is 16.5. The highest BCUT2D eigenvalue weighted by Crippen LogP contribution is 2.35. The number of carbonyl (C=O) groups excluding carboxylic acids is 1. The first-order valence-electron chi connectivity index (χ1n) is 7.69. The van der Waals surface area contributed by atoms with Gasteiger partial charge in [-0.1, -0.05) is 6.07 Å². The molecule has 2 heterocycles. The number of methoxy groups -OCH3 is 1. The summed E-state index contributed by atoms with van der Waals surface area (Å²) in [6.45, 7) is 5.30. The molecule has 0 radical (unpaired) electrons. The Morgan fingerprint density at radius 3 is 3.19 bits per heavy atom. The van der Waals surface area contributed by atoms with E-state index >= 15 is 0 Å². The number of nitrogens with zero attached hydrogens (tertiary/aromatic N) is 1. The maximum absolute atomic E-state index is 12.4. The third kappa shape index (κ3) is 2.89. The molecule has 2 aliphatic heterocycles. The van der Waals surface area contributed by atoms with E-state index < -0.39 is 0 Å². The lowest BCUT2D eigenvalue weighted by Gasteiger charge is -2.19. The van der Waals surface area contributed by atoms with Crippen LogP contribution >= 0.6 is 0 Å². The molecule has 0 spiro atoms. The summed E-state index contributed by atoms with van der Waals surface area (Å²) in [7, 11) is 1.68. The Kier molecular flexibility index (Phi) is 4.41. The van der Waals surface area contributed by atoms with Gasteiger partial charge in [0.1, 0.15) is 0 Å². The predicted octanol–water partition coefficient (Wildman–Crippen LogP) is 0.919. The average molecular weight is 289 g/mol. The van der Waals surface area contributed by atoms with Crippen LogP contribution in [0.15, 0.2) is 12.1 Å². The largest absolute Gasteiger partial charge is 0.385 e. The lowest BCUT2D eigenvalue weighted by atomic mass is 10.00. The van der Waals surface area contributed by atoms with Crippen LogP contribution in [-0.2, 0) is 17.7 Å². The molecule has 0 atom stereocenters. The molecule has 0 saturated carbocycles. The van der Waals surface area contributed by atoms with Gasteiger partial charge in [-0.05, 0) is 30.0 Å². The molecule has 21 heavy (non-hydrogen) atoms. The molecule has 5 heteroatoms. The van der Waals surface area contributed by atoms with E-state index in [2.05, 4.69) is 21.6 Å². The topological polar surface area (TPSA) is 53.6 Å². The fraction of sp³-hybridized carbons (Fsp3) is 0.562. The summed E-state index contributed by atoms with van der Waals surface area (Å²) < 4.78 is 5.00. The quantitative estimate of drug-likeness (QED) is 0.792. The van der Waals surface area contributed by atoms with Gasteiger partial charge in [0, 0.05) is 57.7 Å². The maximum atomic E-state index is 12.4. The van der Waals surface area contributed by atoms with Crippen molar-refractivity contribution in [2.24, 2.45) is 0 Å². The van der Waals surface area contributed by atoms with Crippen LogP contribution in [0.1, 0.15) is 27.9 Å². The minimum absolute atomic E-state index is 0.0444. The van der Waals surface area contributed by atoms with Gasteiger partial charge in [0.2, 0.25) is 0 Å². The molecule has 1 aromatic carbocycles. The summed E-state index contributed by atoms with van der Waals surface area (Å²) in [5.74, 6) is 0.0444. The number of rotatable bonds is 5. The predicted molar refractivity (Wildman–Crippen MR) is 82.9 cm³/mol. The van der Waals surface area contributed by atoms with Crippen LogP contribution in [0.4, 0.5) is 5.69 Å². The number of hydrogen-bond donors (Lipinski definition) is 2. The number of anilines is 1. The van der Waals surface area contributed by atoms with Crippen molar-refractivity contribution in [1.29, 1.82) is 0 Å². The maximum Gasteiger partial charge on any atom is 0.251 e. The lowest BCUT2D eigenvalue weighted by Crippen LogP contribution is -2.27. The summed E-state index contributed by atoms with van der Waals surface area (Å²) in [4.78, 5) is 14.8. The number of nitrogens with one attached hydrogen (secondary N) is 2. The zero-order valence-electron chi connectivity index (χ0n) is 12.6. The van der Waals surface area contributed by atoms with E-state index in [0.717, 1.165) is 44.6 Å². The number of carbonyl (C=O) groups is 1. The minimum atomic E-state index is 0.0444. The molecule has 3 rings (SSSR count). The summed E-state index contributed by atoms with van der Waals surface area (Å²) in [5.41, 5.74) is 4.68. The lowest BCUT2D eigenvalue weighted by molar-refractivity contribution is 0.0948. The molecule has 0 aromatic heterocycles. The molecule has 0 fully saturated rings. The third-order valence-electron chi connectivity index (χ3n) is 4.24. The second-order valence-electron chi connectivity index (χ2n) is 5.62. The number of ether oxygens (including phenoxy) is 1. The molecular weight excluding hydrogens is 266 g/mol. The molecule has 0 bridgehead atoms. The number of amides is 1. The fourth-order valence-electron chi connectivity index (χ4n) is 3.22. The molecular formula is C16H23N3O2. The minimum Gasteiger partial charge on any atom is -0.385 e. The van der Waals surface area contributed by atoms with Crippen molar-refractivity contribution in [2.45, 2.75) is 19.4 Å². The first-order valence-corrected chi connectivity index (χ1v) is 7.69. The molecule has 0 saturated heterocycles. The Morgan fingerprint density at radius 2 is 2.33 bits per heavy atom. The summed E-state index contributed by atoms with van der Waals surface area (Å²) in [6, 6.07) is 4.08. The second kappa shape index (κ2) is 6.45. The van der Waals surface area contributed by atoms with Crippen molar-refractivity contribution in [2.75, 3.05) is 44.8 Å². The number of benzene rings is 1. The average Bonchev–Trinajstić information content (AvgIpc) is 2.80. The van der Waals surface area contributed by atoms with Crippen molar-refractivity contribution in [1.82, 2.24) is 10.6 Å². The van der Waals surface area contributed by atoms with Gasteiger partial charge in [-0.2, -0.15) is 0 Å². The third-order valence-corrected chi connectivity index (χ3v) is 4.24. The van der Waals surface area contributed by atoms with Crippen molar-refractivity contribution in [3.8, 4) is 0 Å². The van der Waals surface area contributed by atoms with Crippen LogP contribution in [0.2, 0.25) is 0 Å². The van der Waals surface area contributed by atoms with Gasteiger partial charge < -0.3 is 20.3 Å². The number of hydrogen-bond acceptors (Lipinski definition) is 4. The van der Waals surface area contributed by atoms with Gasteiger partial charge in [0.05, 0.1) is 0 Å². The zero-order valence-corrected chi connectivity index (χ0v) is 12.6. The molecule has 2 N–H and O–H groups in total. The van der Waals surface area contributed by atoms with Gasteiger partial charge in [-0.25, -0.2) is 0 Å². The van der Waals surface area contributed by atoms with E-state index in [4.69, 9.17) is 4.74 Å². The Hall–Kier alpha value is -1.59. The van der Waals surface area contributed by atoms with E-state index in [0.29, 0.717) is 13.2 Å². The Balaban J connectivity index is 1.78. The molecule has 114 valence electrons. The fourth-order valence-corrected chi connectivity index (χ4v) is 3.22. The first kappa shape index (κ1) is 14.4. The SMILES string of the molecule is COCCCNC(=O)c1ccc2c3c1CCN3CCNC2. The highest BCUT2D eigenvalue weighted by Gasteiger charge is 2.28. The zero-order chi connectivity index (χ0) is 14.7. The van der Waals surface area contributed by atoms with Gasteiger partial charge in [0.25, 0.3) is 5.91 Å². The molecule has 2 aliphatic rings.